The highest BCUT2D eigenvalue weighted by molar-refractivity contribution is 7.12. The highest BCUT2D eigenvalue weighted by Gasteiger charge is 2.16. The zero-order chi connectivity index (χ0) is 21.5. The molecular weight excluding hydrogens is 404 g/mol. The molecule has 7 nitrogen and oxygen atoms in total. The Balaban J connectivity index is 1.52. The van der Waals surface area contributed by atoms with Gasteiger partial charge in [0.05, 0.1) is 19.2 Å². The first-order valence-corrected chi connectivity index (χ1v) is 9.88. The lowest BCUT2D eigenvalue weighted by atomic mass is 10.1. The second-order valence-corrected chi connectivity index (χ2v) is 7.52. The van der Waals surface area contributed by atoms with Crippen molar-refractivity contribution >= 4 is 34.8 Å². The maximum Gasteiger partial charge on any atom is 0.337 e. The van der Waals surface area contributed by atoms with Gasteiger partial charge in [-0.25, -0.2) is 4.79 Å². The van der Waals surface area contributed by atoms with E-state index >= 15 is 0 Å². The van der Waals surface area contributed by atoms with Crippen molar-refractivity contribution in [3.63, 3.8) is 0 Å². The van der Waals surface area contributed by atoms with Crippen molar-refractivity contribution in [3.8, 4) is 0 Å². The topological polar surface area (TPSA) is 105 Å². The molecule has 1 aromatic heterocycles. The van der Waals surface area contributed by atoms with Crippen molar-refractivity contribution in [3.05, 3.63) is 87.6 Å². The Morgan fingerprint density at radius 1 is 0.967 bits per heavy atom. The van der Waals surface area contributed by atoms with Crippen molar-refractivity contribution < 1.29 is 24.2 Å². The molecule has 2 amide bonds. The van der Waals surface area contributed by atoms with Crippen LogP contribution in [0.2, 0.25) is 0 Å². The van der Waals surface area contributed by atoms with Gasteiger partial charge in [-0.1, -0.05) is 30.3 Å². The number of esters is 1. The molecule has 1 atom stereocenters. The molecule has 30 heavy (non-hydrogen) atoms. The van der Waals surface area contributed by atoms with Crippen LogP contribution in [-0.4, -0.2) is 30.0 Å². The average Bonchev–Trinajstić information content (AvgIpc) is 3.26. The molecule has 1 heterocycles. The molecule has 0 aliphatic rings. The molecule has 3 N–H and O–H groups in total. The van der Waals surface area contributed by atoms with E-state index in [1.165, 1.54) is 42.7 Å². The molecule has 0 fully saturated rings. The number of anilines is 1. The predicted molar refractivity (Wildman–Crippen MR) is 113 cm³/mol. The Hall–Kier alpha value is -3.49. The first-order valence-electron chi connectivity index (χ1n) is 9.07. The van der Waals surface area contributed by atoms with Gasteiger partial charge in [-0.3, -0.25) is 9.59 Å². The SMILES string of the molecule is COC(=O)c1ccc(NC(=O)C(=O)NCc2ccc([C@H](O)c3ccccc3)s2)cc1. The van der Waals surface area contributed by atoms with Gasteiger partial charge in [0.2, 0.25) is 0 Å². The highest BCUT2D eigenvalue weighted by atomic mass is 32.1. The predicted octanol–water partition coefficient (Wildman–Crippen LogP) is 2.87. The minimum Gasteiger partial charge on any atom is -0.465 e. The van der Waals surface area contributed by atoms with Crippen LogP contribution in [0.5, 0.6) is 0 Å². The summed E-state index contributed by atoms with van der Waals surface area (Å²) in [7, 11) is 1.28. The molecule has 0 saturated carbocycles. The van der Waals surface area contributed by atoms with Crippen molar-refractivity contribution in [1.82, 2.24) is 5.32 Å². The Kier molecular flexibility index (Phi) is 6.95. The number of carbonyl (C=O) groups excluding carboxylic acids is 3. The van der Waals surface area contributed by atoms with Gasteiger partial charge in [-0.15, -0.1) is 11.3 Å². The normalized spacial score (nSPS) is 11.4. The molecule has 3 aromatic rings. The van der Waals surface area contributed by atoms with Gasteiger partial charge < -0.3 is 20.5 Å². The van der Waals surface area contributed by atoms with Gasteiger partial charge in [0.25, 0.3) is 0 Å². The number of hydrogen-bond acceptors (Lipinski definition) is 6. The summed E-state index contributed by atoms with van der Waals surface area (Å²) in [5.74, 6) is -2.09. The van der Waals surface area contributed by atoms with E-state index in [-0.39, 0.29) is 6.54 Å². The lowest BCUT2D eigenvalue weighted by Crippen LogP contribution is -2.34. The first-order chi connectivity index (χ1) is 14.5. The summed E-state index contributed by atoms with van der Waals surface area (Å²) in [5, 5.41) is 15.5. The van der Waals surface area contributed by atoms with Crippen LogP contribution in [0.3, 0.4) is 0 Å². The third kappa shape index (κ3) is 5.31. The number of carbonyl (C=O) groups is 3. The number of thiophene rings is 1. The zero-order valence-electron chi connectivity index (χ0n) is 16.1. The van der Waals surface area contributed by atoms with Gasteiger partial charge in [-0.2, -0.15) is 0 Å². The van der Waals surface area contributed by atoms with Crippen molar-refractivity contribution in [2.45, 2.75) is 12.6 Å². The van der Waals surface area contributed by atoms with Crippen LogP contribution in [0.25, 0.3) is 0 Å². The van der Waals surface area contributed by atoms with Gasteiger partial charge in [-0.05, 0) is 42.0 Å². The Morgan fingerprint density at radius 2 is 1.67 bits per heavy atom. The largest absolute Gasteiger partial charge is 0.465 e. The van der Waals surface area contributed by atoms with E-state index in [0.717, 1.165) is 15.3 Å². The number of aliphatic hydroxyl groups is 1. The van der Waals surface area contributed by atoms with Gasteiger partial charge in [0.1, 0.15) is 6.10 Å². The number of benzene rings is 2. The van der Waals surface area contributed by atoms with Crippen LogP contribution >= 0.6 is 11.3 Å². The molecule has 0 unspecified atom stereocenters. The maximum absolute atomic E-state index is 12.1. The number of methoxy groups -OCH3 is 1. The van der Waals surface area contributed by atoms with Gasteiger partial charge >= 0.3 is 17.8 Å². The summed E-state index contributed by atoms with van der Waals surface area (Å²) in [5.41, 5.74) is 1.51. The lowest BCUT2D eigenvalue weighted by Gasteiger charge is -2.08. The number of amides is 2. The first kappa shape index (κ1) is 21.2. The smallest absolute Gasteiger partial charge is 0.337 e. The van der Waals surface area contributed by atoms with Crippen molar-refractivity contribution in [1.29, 1.82) is 0 Å². The summed E-state index contributed by atoms with van der Waals surface area (Å²) in [6.45, 7) is 0.166. The Bertz CT molecular complexity index is 1030. The Labute approximate surface area is 177 Å². The minimum absolute atomic E-state index is 0.166. The molecule has 0 spiro atoms. The minimum atomic E-state index is -0.818. The number of nitrogens with one attached hydrogen (secondary N) is 2. The third-order valence-corrected chi connectivity index (χ3v) is 5.40. The van der Waals surface area contributed by atoms with E-state index in [1.807, 2.05) is 30.3 Å². The van der Waals surface area contributed by atoms with E-state index in [1.54, 1.807) is 12.1 Å². The van der Waals surface area contributed by atoms with E-state index in [0.29, 0.717) is 11.3 Å². The molecule has 3 rings (SSSR count). The van der Waals surface area contributed by atoms with Gasteiger partial charge in [0, 0.05) is 15.4 Å². The summed E-state index contributed by atoms with van der Waals surface area (Å²) in [6, 6.07) is 18.9. The lowest BCUT2D eigenvalue weighted by molar-refractivity contribution is -0.136. The van der Waals surface area contributed by atoms with Crippen LogP contribution in [0.1, 0.15) is 31.8 Å². The van der Waals surface area contributed by atoms with Gasteiger partial charge in [0.15, 0.2) is 0 Å². The second-order valence-electron chi connectivity index (χ2n) is 6.32. The van der Waals surface area contributed by atoms with Crippen LogP contribution in [0, 0.1) is 0 Å². The fraction of sp³-hybridized carbons (Fsp3) is 0.136. The molecular formula is C22H20N2O5S. The fourth-order valence-electron chi connectivity index (χ4n) is 2.68. The second kappa shape index (κ2) is 9.82. The van der Waals surface area contributed by atoms with E-state index in [9.17, 15) is 19.5 Å². The molecule has 8 heteroatoms. The average molecular weight is 424 g/mol. The maximum atomic E-state index is 12.1. The molecule has 2 aromatic carbocycles. The molecule has 0 saturated heterocycles. The van der Waals surface area contributed by atoms with E-state index in [4.69, 9.17) is 0 Å². The molecule has 0 radical (unpaired) electrons. The summed E-state index contributed by atoms with van der Waals surface area (Å²) in [6.07, 6.45) is -0.739. The van der Waals surface area contributed by atoms with E-state index < -0.39 is 23.9 Å². The standard InChI is InChI=1S/C22H20N2O5S/c1-29-22(28)15-7-9-16(10-8-15)24-21(27)20(26)23-13-17-11-12-18(30-17)19(25)14-5-3-2-4-6-14/h2-12,19,25H,13H2,1H3,(H,23,26)(H,24,27)/t19-/m1/s1. The van der Waals surface area contributed by atoms with Crippen LogP contribution < -0.4 is 10.6 Å². The van der Waals surface area contributed by atoms with Crippen molar-refractivity contribution in [2.75, 3.05) is 12.4 Å². The summed E-state index contributed by atoms with van der Waals surface area (Å²) >= 11 is 1.36. The molecule has 0 bridgehead atoms. The number of aliphatic hydroxyl groups excluding tert-OH is 1. The third-order valence-electron chi connectivity index (χ3n) is 4.26. The molecule has 154 valence electrons. The van der Waals surface area contributed by atoms with Crippen LogP contribution in [0.15, 0.2) is 66.7 Å². The highest BCUT2D eigenvalue weighted by Crippen LogP contribution is 2.28. The van der Waals surface area contributed by atoms with Crippen LogP contribution in [0.4, 0.5) is 5.69 Å². The quantitative estimate of drug-likeness (QED) is 0.417. The monoisotopic (exact) mass is 424 g/mol. The Morgan fingerprint density at radius 3 is 2.33 bits per heavy atom. The number of hydrogen-bond donors (Lipinski definition) is 3. The molecule has 0 aliphatic heterocycles. The van der Waals surface area contributed by atoms with E-state index in [2.05, 4.69) is 15.4 Å². The summed E-state index contributed by atoms with van der Waals surface area (Å²) < 4.78 is 4.61. The fourth-order valence-corrected chi connectivity index (χ4v) is 3.65. The zero-order valence-corrected chi connectivity index (χ0v) is 16.9. The van der Waals surface area contributed by atoms with Crippen LogP contribution in [-0.2, 0) is 20.9 Å². The number of ether oxygens (including phenoxy) is 1. The summed E-state index contributed by atoms with van der Waals surface area (Å²) in [4.78, 5) is 37.1. The van der Waals surface area contributed by atoms with Crippen molar-refractivity contribution in [2.24, 2.45) is 0 Å². The number of rotatable bonds is 6. The molecule has 0 aliphatic carbocycles.